The first-order valence-electron chi connectivity index (χ1n) is 5.56. The molecule has 1 atom stereocenters. The van der Waals surface area contributed by atoms with Crippen molar-refractivity contribution in [3.8, 4) is 5.75 Å². The quantitative estimate of drug-likeness (QED) is 0.795. The van der Waals surface area contributed by atoms with Crippen LogP contribution in [0.25, 0.3) is 0 Å². The van der Waals surface area contributed by atoms with Crippen molar-refractivity contribution < 1.29 is 14.3 Å². The summed E-state index contributed by atoms with van der Waals surface area (Å²) in [5, 5.41) is 0. The number of hydrogen-bond donors (Lipinski definition) is 1. The second-order valence-corrected chi connectivity index (χ2v) is 3.91. The molecule has 2 N–H and O–H groups in total. The van der Waals surface area contributed by atoms with Crippen molar-refractivity contribution in [3.63, 3.8) is 0 Å². The molecule has 0 saturated carbocycles. The lowest BCUT2D eigenvalue weighted by Crippen LogP contribution is -2.15. The monoisotopic (exact) mass is 237 g/mol. The second kappa shape index (κ2) is 6.25. The first-order chi connectivity index (χ1) is 8.10. The number of ether oxygens (including phenoxy) is 2. The predicted molar refractivity (Wildman–Crippen MR) is 65.9 cm³/mol. The molecule has 94 valence electrons. The summed E-state index contributed by atoms with van der Waals surface area (Å²) in [6.07, 6.45) is 0.864. The van der Waals surface area contributed by atoms with Crippen molar-refractivity contribution in [2.45, 2.75) is 25.8 Å². The maximum Gasteiger partial charge on any atom is 0.305 e. The summed E-state index contributed by atoms with van der Waals surface area (Å²) >= 11 is 0. The van der Waals surface area contributed by atoms with Gasteiger partial charge in [0.2, 0.25) is 0 Å². The third-order valence-corrected chi connectivity index (χ3v) is 2.76. The Balaban J connectivity index is 2.80. The van der Waals surface area contributed by atoms with Crippen LogP contribution in [-0.2, 0) is 9.53 Å². The van der Waals surface area contributed by atoms with Crippen molar-refractivity contribution >= 4 is 5.97 Å². The van der Waals surface area contributed by atoms with E-state index in [1.54, 1.807) is 7.11 Å². The van der Waals surface area contributed by atoms with E-state index in [1.165, 1.54) is 7.11 Å². The Morgan fingerprint density at radius 3 is 2.71 bits per heavy atom. The van der Waals surface area contributed by atoms with Crippen LogP contribution in [0.2, 0.25) is 0 Å². The van der Waals surface area contributed by atoms with Gasteiger partial charge in [-0.1, -0.05) is 12.1 Å². The smallest absolute Gasteiger partial charge is 0.305 e. The number of rotatable bonds is 5. The molecule has 0 aliphatic rings. The molecule has 4 heteroatoms. The normalized spacial score (nSPS) is 12.0. The van der Waals surface area contributed by atoms with Crippen LogP contribution < -0.4 is 10.5 Å². The lowest BCUT2D eigenvalue weighted by molar-refractivity contribution is -0.140. The van der Waals surface area contributed by atoms with Crippen LogP contribution in [0, 0.1) is 6.92 Å². The van der Waals surface area contributed by atoms with Crippen LogP contribution in [0.1, 0.15) is 30.0 Å². The molecule has 1 aromatic rings. The maximum atomic E-state index is 11.1. The summed E-state index contributed by atoms with van der Waals surface area (Å²) in [6.45, 7) is 1.98. The van der Waals surface area contributed by atoms with Gasteiger partial charge in [-0.05, 0) is 25.0 Å². The van der Waals surface area contributed by atoms with E-state index in [0.29, 0.717) is 12.8 Å². The number of hydrogen-bond acceptors (Lipinski definition) is 4. The molecule has 0 saturated heterocycles. The molecule has 1 rings (SSSR count). The number of methoxy groups -OCH3 is 2. The number of nitrogens with two attached hydrogens (primary N) is 1. The highest BCUT2D eigenvalue weighted by atomic mass is 16.5. The van der Waals surface area contributed by atoms with Crippen molar-refractivity contribution in [1.82, 2.24) is 0 Å². The summed E-state index contributed by atoms with van der Waals surface area (Å²) in [5.74, 6) is 0.523. The third-order valence-electron chi connectivity index (χ3n) is 2.76. The molecule has 0 spiro atoms. The van der Waals surface area contributed by atoms with Gasteiger partial charge in [-0.15, -0.1) is 0 Å². The minimum absolute atomic E-state index is 0.217. The van der Waals surface area contributed by atoms with Crippen LogP contribution >= 0.6 is 0 Å². The summed E-state index contributed by atoms with van der Waals surface area (Å²) in [6, 6.07) is 5.56. The van der Waals surface area contributed by atoms with E-state index in [4.69, 9.17) is 10.5 Å². The van der Waals surface area contributed by atoms with Gasteiger partial charge >= 0.3 is 5.97 Å². The highest BCUT2D eigenvalue weighted by molar-refractivity contribution is 5.69. The average Bonchev–Trinajstić information content (AvgIpc) is 2.34. The highest BCUT2D eigenvalue weighted by Crippen LogP contribution is 2.29. The maximum absolute atomic E-state index is 11.1. The Labute approximate surface area is 102 Å². The fourth-order valence-corrected chi connectivity index (χ4v) is 1.83. The third kappa shape index (κ3) is 3.46. The predicted octanol–water partition coefficient (Wildman–Crippen LogP) is 1.96. The minimum Gasteiger partial charge on any atom is -0.496 e. The molecule has 0 heterocycles. The molecule has 0 amide bonds. The lowest BCUT2D eigenvalue weighted by Gasteiger charge is -2.17. The fraction of sp³-hybridized carbons (Fsp3) is 0.462. The molecule has 1 aromatic carbocycles. The Hall–Kier alpha value is -1.55. The van der Waals surface area contributed by atoms with Gasteiger partial charge in [-0.3, -0.25) is 4.79 Å². The number of carbonyl (C=O) groups is 1. The van der Waals surface area contributed by atoms with Crippen molar-refractivity contribution in [3.05, 3.63) is 29.3 Å². The second-order valence-electron chi connectivity index (χ2n) is 3.91. The first kappa shape index (κ1) is 13.5. The van der Waals surface area contributed by atoms with Gasteiger partial charge in [0.25, 0.3) is 0 Å². The zero-order chi connectivity index (χ0) is 12.8. The van der Waals surface area contributed by atoms with Gasteiger partial charge in [0.05, 0.1) is 14.2 Å². The molecular weight excluding hydrogens is 218 g/mol. The van der Waals surface area contributed by atoms with E-state index >= 15 is 0 Å². The number of carbonyl (C=O) groups excluding carboxylic acids is 1. The van der Waals surface area contributed by atoms with Gasteiger partial charge in [0, 0.05) is 18.0 Å². The molecule has 0 fully saturated rings. The summed E-state index contributed by atoms with van der Waals surface area (Å²) < 4.78 is 9.88. The highest BCUT2D eigenvalue weighted by Gasteiger charge is 2.15. The molecule has 17 heavy (non-hydrogen) atoms. The molecule has 0 aliphatic heterocycles. The van der Waals surface area contributed by atoms with Gasteiger partial charge in [-0.25, -0.2) is 0 Å². The van der Waals surface area contributed by atoms with Crippen LogP contribution in [0.3, 0.4) is 0 Å². The van der Waals surface area contributed by atoms with E-state index in [0.717, 1.165) is 16.9 Å². The summed E-state index contributed by atoms with van der Waals surface area (Å²) in [4.78, 5) is 11.1. The van der Waals surface area contributed by atoms with Gasteiger partial charge in [-0.2, -0.15) is 0 Å². The molecule has 4 nitrogen and oxygen atoms in total. The van der Waals surface area contributed by atoms with E-state index in [1.807, 2.05) is 25.1 Å². The SMILES string of the molecule is COC(=O)CCC(N)c1c(C)cccc1OC. The van der Waals surface area contributed by atoms with Gasteiger partial charge in [0.1, 0.15) is 5.75 Å². The Morgan fingerprint density at radius 1 is 1.41 bits per heavy atom. The molecule has 1 unspecified atom stereocenters. The average molecular weight is 237 g/mol. The fourth-order valence-electron chi connectivity index (χ4n) is 1.83. The molecule has 0 radical (unpaired) electrons. The lowest BCUT2D eigenvalue weighted by atomic mass is 9.97. The first-order valence-corrected chi connectivity index (χ1v) is 5.56. The largest absolute Gasteiger partial charge is 0.496 e. The zero-order valence-corrected chi connectivity index (χ0v) is 10.5. The van der Waals surface area contributed by atoms with Crippen LogP contribution in [0.5, 0.6) is 5.75 Å². The van der Waals surface area contributed by atoms with Crippen LogP contribution in [0.4, 0.5) is 0 Å². The Bertz CT molecular complexity index is 390. The summed E-state index contributed by atoms with van der Waals surface area (Å²) in [5.41, 5.74) is 8.12. The number of esters is 1. The van der Waals surface area contributed by atoms with E-state index in [2.05, 4.69) is 4.74 Å². The molecule has 0 aromatic heterocycles. The standard InChI is InChI=1S/C13H19NO3/c1-9-5-4-6-11(16-2)13(9)10(14)7-8-12(15)17-3/h4-6,10H,7-8,14H2,1-3H3. The van der Waals surface area contributed by atoms with Crippen molar-refractivity contribution in [2.24, 2.45) is 5.73 Å². The zero-order valence-electron chi connectivity index (χ0n) is 10.5. The van der Waals surface area contributed by atoms with E-state index in [9.17, 15) is 4.79 Å². The topological polar surface area (TPSA) is 61.5 Å². The summed E-state index contributed by atoms with van der Waals surface area (Å²) in [7, 11) is 2.99. The van der Waals surface area contributed by atoms with Gasteiger partial charge in [0.15, 0.2) is 0 Å². The van der Waals surface area contributed by atoms with Crippen LogP contribution in [0.15, 0.2) is 18.2 Å². The van der Waals surface area contributed by atoms with E-state index < -0.39 is 0 Å². The Kier molecular flexibility index (Phi) is 4.97. The molecule has 0 aliphatic carbocycles. The number of aryl methyl sites for hydroxylation is 1. The molecule has 0 bridgehead atoms. The Morgan fingerprint density at radius 2 is 2.12 bits per heavy atom. The number of benzene rings is 1. The van der Waals surface area contributed by atoms with E-state index in [-0.39, 0.29) is 12.0 Å². The van der Waals surface area contributed by atoms with Crippen LogP contribution in [-0.4, -0.2) is 20.2 Å². The van der Waals surface area contributed by atoms with Gasteiger partial charge < -0.3 is 15.2 Å². The van der Waals surface area contributed by atoms with Crippen molar-refractivity contribution in [2.75, 3.05) is 14.2 Å². The molecular formula is C13H19NO3. The van der Waals surface area contributed by atoms with Crippen molar-refractivity contribution in [1.29, 1.82) is 0 Å². The minimum atomic E-state index is -0.243.